The van der Waals surface area contributed by atoms with Crippen molar-refractivity contribution < 1.29 is 18.7 Å². The second-order valence-electron chi connectivity index (χ2n) is 5.73. The fourth-order valence-electron chi connectivity index (χ4n) is 2.98. The van der Waals surface area contributed by atoms with E-state index >= 15 is 0 Å². The van der Waals surface area contributed by atoms with Gasteiger partial charge in [-0.3, -0.25) is 4.79 Å². The van der Waals surface area contributed by atoms with E-state index in [1.807, 2.05) is 24.3 Å². The number of aryl methyl sites for hydroxylation is 1. The highest BCUT2D eigenvalue weighted by Gasteiger charge is 2.31. The molecule has 0 saturated carbocycles. The van der Waals surface area contributed by atoms with E-state index in [9.17, 15) is 18.7 Å². The van der Waals surface area contributed by atoms with Gasteiger partial charge in [-0.2, -0.15) is 0 Å². The monoisotopic (exact) mass is 317 g/mol. The van der Waals surface area contributed by atoms with Crippen LogP contribution in [0.3, 0.4) is 0 Å². The number of rotatable bonds is 4. The van der Waals surface area contributed by atoms with E-state index in [0.717, 1.165) is 17.2 Å². The quantitative estimate of drug-likeness (QED) is 0.911. The first-order valence-electron chi connectivity index (χ1n) is 7.54. The number of benzene rings is 2. The summed E-state index contributed by atoms with van der Waals surface area (Å²) in [5.74, 6) is -2.12. The highest BCUT2D eigenvalue weighted by atomic mass is 19.2. The number of nitrogens with one attached hydrogen (secondary N) is 1. The van der Waals surface area contributed by atoms with Gasteiger partial charge in [0.15, 0.2) is 11.6 Å². The second kappa shape index (κ2) is 6.46. The second-order valence-corrected chi connectivity index (χ2v) is 5.73. The first kappa shape index (κ1) is 15.6. The largest absolute Gasteiger partial charge is 0.390 e. The van der Waals surface area contributed by atoms with Crippen LogP contribution >= 0.6 is 0 Å². The molecule has 0 saturated heterocycles. The molecule has 0 fully saturated rings. The molecule has 5 heteroatoms. The van der Waals surface area contributed by atoms with Crippen LogP contribution in [0.5, 0.6) is 0 Å². The number of fused-ring (bicyclic) bond motifs is 1. The molecule has 120 valence electrons. The molecule has 0 bridgehead atoms. The summed E-state index contributed by atoms with van der Waals surface area (Å²) in [6.45, 7) is 0. The lowest BCUT2D eigenvalue weighted by molar-refractivity contribution is -0.122. The summed E-state index contributed by atoms with van der Waals surface area (Å²) in [6, 6.07) is 11.0. The van der Waals surface area contributed by atoms with Crippen LogP contribution in [0, 0.1) is 11.6 Å². The molecule has 1 amide bonds. The molecule has 2 aromatic rings. The van der Waals surface area contributed by atoms with E-state index in [0.29, 0.717) is 6.42 Å². The van der Waals surface area contributed by atoms with Gasteiger partial charge >= 0.3 is 0 Å². The third-order valence-corrected chi connectivity index (χ3v) is 4.17. The average Bonchev–Trinajstić information content (AvgIpc) is 2.85. The van der Waals surface area contributed by atoms with Crippen LogP contribution in [0.25, 0.3) is 0 Å². The van der Waals surface area contributed by atoms with Crippen molar-refractivity contribution in [2.75, 3.05) is 0 Å². The number of aliphatic hydroxyl groups excluding tert-OH is 1. The molecule has 23 heavy (non-hydrogen) atoms. The van der Waals surface area contributed by atoms with Crippen molar-refractivity contribution in [1.82, 2.24) is 5.32 Å². The van der Waals surface area contributed by atoms with Gasteiger partial charge in [0.1, 0.15) is 0 Å². The highest BCUT2D eigenvalue weighted by Crippen LogP contribution is 2.31. The van der Waals surface area contributed by atoms with Crippen LogP contribution in [-0.2, 0) is 17.6 Å². The van der Waals surface area contributed by atoms with E-state index in [2.05, 4.69) is 5.32 Å². The van der Waals surface area contributed by atoms with Gasteiger partial charge in [0.05, 0.1) is 12.1 Å². The third-order valence-electron chi connectivity index (χ3n) is 4.17. The first-order valence-corrected chi connectivity index (χ1v) is 7.54. The number of hydrogen-bond donors (Lipinski definition) is 2. The molecule has 2 N–H and O–H groups in total. The topological polar surface area (TPSA) is 49.3 Å². The molecule has 2 atom stereocenters. The Morgan fingerprint density at radius 2 is 1.96 bits per heavy atom. The Balaban J connectivity index is 1.63. The van der Waals surface area contributed by atoms with E-state index < -0.39 is 23.8 Å². The molecular weight excluding hydrogens is 300 g/mol. The maximum Gasteiger partial charge on any atom is 0.220 e. The van der Waals surface area contributed by atoms with Gasteiger partial charge in [-0.05, 0) is 29.2 Å². The van der Waals surface area contributed by atoms with Gasteiger partial charge in [0.25, 0.3) is 0 Å². The zero-order chi connectivity index (χ0) is 16.4. The molecule has 0 spiro atoms. The lowest BCUT2D eigenvalue weighted by atomic mass is 10.1. The van der Waals surface area contributed by atoms with Gasteiger partial charge in [-0.1, -0.05) is 36.4 Å². The predicted octanol–water partition coefficient (Wildman–Crippen LogP) is 2.67. The van der Waals surface area contributed by atoms with Crippen molar-refractivity contribution in [2.45, 2.75) is 31.4 Å². The number of aliphatic hydroxyl groups is 1. The van der Waals surface area contributed by atoms with E-state index in [-0.39, 0.29) is 24.3 Å². The maximum atomic E-state index is 13.6. The molecule has 0 radical (unpaired) electrons. The van der Waals surface area contributed by atoms with Crippen LogP contribution in [0.1, 0.15) is 29.2 Å². The Morgan fingerprint density at radius 1 is 1.17 bits per heavy atom. The number of hydrogen-bond acceptors (Lipinski definition) is 2. The maximum absolute atomic E-state index is 13.6. The number of amides is 1. The van der Waals surface area contributed by atoms with Crippen molar-refractivity contribution in [1.29, 1.82) is 0 Å². The van der Waals surface area contributed by atoms with Crippen molar-refractivity contribution in [2.24, 2.45) is 0 Å². The zero-order valence-corrected chi connectivity index (χ0v) is 12.4. The fourth-order valence-corrected chi connectivity index (χ4v) is 2.98. The van der Waals surface area contributed by atoms with Crippen LogP contribution in [-0.4, -0.2) is 17.1 Å². The molecule has 3 rings (SSSR count). The molecule has 0 aliphatic heterocycles. The summed E-state index contributed by atoms with van der Waals surface area (Å²) in [7, 11) is 0. The lowest BCUT2D eigenvalue weighted by Gasteiger charge is -2.18. The average molecular weight is 317 g/mol. The summed E-state index contributed by atoms with van der Waals surface area (Å²) >= 11 is 0. The molecule has 2 aromatic carbocycles. The Hall–Kier alpha value is -2.27. The van der Waals surface area contributed by atoms with Gasteiger partial charge < -0.3 is 10.4 Å². The van der Waals surface area contributed by atoms with Crippen LogP contribution < -0.4 is 5.32 Å². The van der Waals surface area contributed by atoms with Crippen molar-refractivity contribution in [3.05, 3.63) is 70.8 Å². The SMILES string of the molecule is O=C(CCc1cccc(F)c1F)NC1c2ccccc2CC1O. The minimum absolute atomic E-state index is 0.0335. The van der Waals surface area contributed by atoms with Crippen LogP contribution in [0.2, 0.25) is 0 Å². The summed E-state index contributed by atoms with van der Waals surface area (Å²) in [5.41, 5.74) is 2.10. The van der Waals surface area contributed by atoms with E-state index in [1.54, 1.807) is 0 Å². The van der Waals surface area contributed by atoms with Gasteiger partial charge in [-0.15, -0.1) is 0 Å². The van der Waals surface area contributed by atoms with Gasteiger partial charge in [-0.25, -0.2) is 8.78 Å². The summed E-state index contributed by atoms with van der Waals surface area (Å²) < 4.78 is 26.7. The Kier molecular flexibility index (Phi) is 4.39. The number of halogens is 2. The van der Waals surface area contributed by atoms with E-state index in [1.165, 1.54) is 12.1 Å². The molecule has 1 aliphatic carbocycles. The fraction of sp³-hybridized carbons (Fsp3) is 0.278. The normalized spacial score (nSPS) is 19.4. The summed E-state index contributed by atoms with van der Waals surface area (Å²) in [5, 5.41) is 12.9. The number of carbonyl (C=O) groups excluding carboxylic acids is 1. The smallest absolute Gasteiger partial charge is 0.220 e. The number of carbonyl (C=O) groups is 1. The van der Waals surface area contributed by atoms with Crippen molar-refractivity contribution >= 4 is 5.91 Å². The predicted molar refractivity (Wildman–Crippen MR) is 81.7 cm³/mol. The third kappa shape index (κ3) is 3.24. The van der Waals surface area contributed by atoms with Crippen LogP contribution in [0.15, 0.2) is 42.5 Å². The minimum Gasteiger partial charge on any atom is -0.390 e. The highest BCUT2D eigenvalue weighted by molar-refractivity contribution is 5.77. The first-order chi connectivity index (χ1) is 11.1. The zero-order valence-electron chi connectivity index (χ0n) is 12.4. The molecule has 2 unspecified atom stereocenters. The summed E-state index contributed by atoms with van der Waals surface area (Å²) in [4.78, 5) is 12.1. The molecule has 1 aliphatic rings. The van der Waals surface area contributed by atoms with Crippen molar-refractivity contribution in [3.63, 3.8) is 0 Å². The van der Waals surface area contributed by atoms with Crippen molar-refractivity contribution in [3.8, 4) is 0 Å². The molecule has 3 nitrogen and oxygen atoms in total. The van der Waals surface area contributed by atoms with Crippen LogP contribution in [0.4, 0.5) is 8.78 Å². The molecule has 0 aromatic heterocycles. The molecular formula is C18H17F2NO2. The lowest BCUT2D eigenvalue weighted by Crippen LogP contribution is -2.34. The minimum atomic E-state index is -0.914. The van der Waals surface area contributed by atoms with Gasteiger partial charge in [0.2, 0.25) is 5.91 Å². The Labute approximate surface area is 133 Å². The van der Waals surface area contributed by atoms with E-state index in [4.69, 9.17) is 0 Å². The standard InChI is InChI=1S/C18H17F2NO2/c19-14-7-3-5-11(17(14)20)8-9-16(23)21-18-13-6-2-1-4-12(13)10-15(18)22/h1-7,15,18,22H,8-10H2,(H,21,23). The van der Waals surface area contributed by atoms with Gasteiger partial charge in [0, 0.05) is 12.8 Å². The Morgan fingerprint density at radius 3 is 2.78 bits per heavy atom. The molecule has 0 heterocycles. The summed E-state index contributed by atoms with van der Waals surface area (Å²) in [6.07, 6.45) is -0.0204. The Bertz CT molecular complexity index is 733.